The number of amides is 2. The van der Waals surface area contributed by atoms with E-state index in [1.54, 1.807) is 12.1 Å². The van der Waals surface area contributed by atoms with E-state index in [0.29, 0.717) is 16.4 Å². The lowest BCUT2D eigenvalue weighted by Crippen LogP contribution is -2.36. The van der Waals surface area contributed by atoms with Crippen molar-refractivity contribution >= 4 is 34.8 Å². The van der Waals surface area contributed by atoms with Gasteiger partial charge in [0.1, 0.15) is 0 Å². The van der Waals surface area contributed by atoms with Crippen molar-refractivity contribution in [3.8, 4) is 0 Å². The number of benzene rings is 1. The van der Waals surface area contributed by atoms with Crippen molar-refractivity contribution in [1.29, 1.82) is 0 Å². The molecule has 2 amide bonds. The van der Waals surface area contributed by atoms with Gasteiger partial charge in [-0.2, -0.15) is 0 Å². The number of nitrogens with two attached hydrogens (primary N) is 1. The molecule has 2 rings (SSSR count). The summed E-state index contributed by atoms with van der Waals surface area (Å²) in [6.45, 7) is 2.05. The Bertz CT molecular complexity index is 516. The Morgan fingerprint density at radius 3 is 2.94 bits per heavy atom. The minimum Gasteiger partial charge on any atom is -0.324 e. The normalized spacial score (nSPS) is 14.8. The van der Waals surface area contributed by atoms with Gasteiger partial charge in [-0.3, -0.25) is 9.59 Å². The van der Waals surface area contributed by atoms with Gasteiger partial charge in [0.15, 0.2) is 0 Å². The van der Waals surface area contributed by atoms with Gasteiger partial charge in [-0.1, -0.05) is 11.6 Å². The zero-order valence-electron chi connectivity index (χ0n) is 10.00. The summed E-state index contributed by atoms with van der Waals surface area (Å²) in [5.41, 5.74) is 7.39. The molecule has 0 radical (unpaired) electrons. The minimum absolute atomic E-state index is 0.113. The highest BCUT2D eigenvalue weighted by atomic mass is 35.5. The third-order valence-corrected chi connectivity index (χ3v) is 3.08. The summed E-state index contributed by atoms with van der Waals surface area (Å²) in [5, 5.41) is 3.19. The summed E-state index contributed by atoms with van der Waals surface area (Å²) in [6, 6.07) is 3.55. The Kier molecular flexibility index (Phi) is 3.54. The van der Waals surface area contributed by atoms with E-state index < -0.39 is 0 Å². The summed E-state index contributed by atoms with van der Waals surface area (Å²) < 4.78 is 0. The van der Waals surface area contributed by atoms with Gasteiger partial charge < -0.3 is 16.0 Å². The van der Waals surface area contributed by atoms with Gasteiger partial charge in [-0.15, -0.1) is 0 Å². The van der Waals surface area contributed by atoms with Gasteiger partial charge in [0.2, 0.25) is 11.8 Å². The fraction of sp³-hybridized carbons (Fsp3) is 0.333. The topological polar surface area (TPSA) is 75.4 Å². The molecule has 96 valence electrons. The number of nitrogens with one attached hydrogen (secondary N) is 1. The zero-order valence-corrected chi connectivity index (χ0v) is 10.8. The van der Waals surface area contributed by atoms with Crippen LogP contribution in [-0.4, -0.2) is 24.9 Å². The summed E-state index contributed by atoms with van der Waals surface area (Å²) in [4.78, 5) is 24.9. The lowest BCUT2D eigenvalue weighted by atomic mass is 10.1. The van der Waals surface area contributed by atoms with Crippen LogP contribution in [0.3, 0.4) is 0 Å². The van der Waals surface area contributed by atoms with Crippen LogP contribution in [0.1, 0.15) is 12.0 Å². The highest BCUT2D eigenvalue weighted by molar-refractivity contribution is 6.35. The summed E-state index contributed by atoms with van der Waals surface area (Å²) in [5.74, 6) is -0.385. The molecule has 1 aromatic carbocycles. The molecule has 1 heterocycles. The SMILES string of the molecule is Cc1cc(Cl)c2c(c1)NC(=O)CCN2C(=O)CN. The standard InChI is InChI=1S/C12H14ClN3O2/c1-7-4-8(13)12-9(5-7)15-10(17)2-3-16(12)11(18)6-14/h4-5H,2-3,6,14H2,1H3,(H,15,17). The number of rotatable bonds is 1. The van der Waals surface area contributed by atoms with Crippen LogP contribution in [0.5, 0.6) is 0 Å². The van der Waals surface area contributed by atoms with Crippen LogP contribution < -0.4 is 16.0 Å². The van der Waals surface area contributed by atoms with Gasteiger partial charge in [-0.05, 0) is 24.6 Å². The molecule has 1 aromatic rings. The predicted molar refractivity (Wildman–Crippen MR) is 70.8 cm³/mol. The maximum atomic E-state index is 11.8. The second-order valence-electron chi connectivity index (χ2n) is 4.19. The average molecular weight is 268 g/mol. The average Bonchev–Trinajstić information content (AvgIpc) is 2.46. The number of hydrogen-bond donors (Lipinski definition) is 2. The number of carbonyl (C=O) groups is 2. The molecule has 0 aromatic heterocycles. The maximum absolute atomic E-state index is 11.8. The first kappa shape index (κ1) is 12.9. The molecule has 18 heavy (non-hydrogen) atoms. The number of anilines is 2. The van der Waals surface area contributed by atoms with Crippen LogP contribution in [-0.2, 0) is 9.59 Å². The highest BCUT2D eigenvalue weighted by Crippen LogP contribution is 2.37. The molecule has 1 aliphatic heterocycles. The van der Waals surface area contributed by atoms with E-state index in [9.17, 15) is 9.59 Å². The predicted octanol–water partition coefficient (Wildman–Crippen LogP) is 1.28. The van der Waals surface area contributed by atoms with Crippen LogP contribution in [0.15, 0.2) is 12.1 Å². The maximum Gasteiger partial charge on any atom is 0.240 e. The Hall–Kier alpha value is -1.59. The van der Waals surface area contributed by atoms with E-state index in [4.69, 9.17) is 17.3 Å². The molecule has 5 nitrogen and oxygen atoms in total. The first-order valence-corrected chi connectivity index (χ1v) is 6.01. The quantitative estimate of drug-likeness (QED) is 0.805. The van der Waals surface area contributed by atoms with E-state index in [2.05, 4.69) is 5.32 Å². The number of nitrogens with zero attached hydrogens (tertiary/aromatic N) is 1. The smallest absolute Gasteiger partial charge is 0.240 e. The molecule has 0 fully saturated rings. The third kappa shape index (κ3) is 2.32. The fourth-order valence-corrected chi connectivity index (χ4v) is 2.38. The van der Waals surface area contributed by atoms with Crippen molar-refractivity contribution in [2.45, 2.75) is 13.3 Å². The van der Waals surface area contributed by atoms with E-state index >= 15 is 0 Å². The summed E-state index contributed by atoms with van der Waals surface area (Å²) >= 11 is 6.18. The molecule has 3 N–H and O–H groups in total. The van der Waals surface area contributed by atoms with Crippen LogP contribution in [0.2, 0.25) is 5.02 Å². The lowest BCUT2D eigenvalue weighted by molar-refractivity contribution is -0.117. The van der Waals surface area contributed by atoms with Crippen molar-refractivity contribution < 1.29 is 9.59 Å². The van der Waals surface area contributed by atoms with Crippen molar-refractivity contribution in [3.05, 3.63) is 22.7 Å². The molecule has 6 heteroatoms. The molecular weight excluding hydrogens is 254 g/mol. The van der Waals surface area contributed by atoms with E-state index in [1.807, 2.05) is 6.92 Å². The van der Waals surface area contributed by atoms with Crippen molar-refractivity contribution in [2.24, 2.45) is 5.73 Å². The third-order valence-electron chi connectivity index (χ3n) is 2.79. The molecule has 0 aliphatic carbocycles. The fourth-order valence-electron chi connectivity index (χ4n) is 2.00. The number of hydrogen-bond acceptors (Lipinski definition) is 3. The van der Waals surface area contributed by atoms with E-state index in [-0.39, 0.29) is 31.3 Å². The monoisotopic (exact) mass is 267 g/mol. The highest BCUT2D eigenvalue weighted by Gasteiger charge is 2.25. The second-order valence-corrected chi connectivity index (χ2v) is 4.60. The first-order valence-electron chi connectivity index (χ1n) is 5.63. The summed E-state index contributed by atoms with van der Waals surface area (Å²) in [7, 11) is 0. The molecule has 0 saturated carbocycles. The van der Waals surface area contributed by atoms with Gasteiger partial charge >= 0.3 is 0 Å². The minimum atomic E-state index is -0.251. The second kappa shape index (κ2) is 4.96. The molecule has 0 unspecified atom stereocenters. The summed E-state index contributed by atoms with van der Waals surface area (Å²) in [6.07, 6.45) is 0.232. The van der Waals surface area contributed by atoms with Gasteiger partial charge in [0.25, 0.3) is 0 Å². The van der Waals surface area contributed by atoms with Crippen LogP contribution in [0.4, 0.5) is 11.4 Å². The Morgan fingerprint density at radius 2 is 2.28 bits per heavy atom. The lowest BCUT2D eigenvalue weighted by Gasteiger charge is -2.23. The van der Waals surface area contributed by atoms with Gasteiger partial charge in [0.05, 0.1) is 22.9 Å². The van der Waals surface area contributed by atoms with Crippen molar-refractivity contribution in [3.63, 3.8) is 0 Å². The van der Waals surface area contributed by atoms with Crippen molar-refractivity contribution in [2.75, 3.05) is 23.3 Å². The number of halogens is 1. The van der Waals surface area contributed by atoms with E-state index in [1.165, 1.54) is 4.90 Å². The molecule has 0 atom stereocenters. The van der Waals surface area contributed by atoms with Crippen LogP contribution in [0.25, 0.3) is 0 Å². The molecule has 1 aliphatic rings. The number of aryl methyl sites for hydroxylation is 1. The molecular formula is C12H14ClN3O2. The molecule has 0 spiro atoms. The number of fused-ring (bicyclic) bond motifs is 1. The largest absolute Gasteiger partial charge is 0.324 e. The van der Waals surface area contributed by atoms with Gasteiger partial charge in [0, 0.05) is 13.0 Å². The first-order chi connectivity index (χ1) is 8.52. The van der Waals surface area contributed by atoms with Crippen molar-refractivity contribution in [1.82, 2.24) is 0 Å². The zero-order chi connectivity index (χ0) is 13.3. The van der Waals surface area contributed by atoms with Gasteiger partial charge in [-0.25, -0.2) is 0 Å². The number of carbonyl (C=O) groups excluding carboxylic acids is 2. The molecule has 0 bridgehead atoms. The van der Waals surface area contributed by atoms with Crippen LogP contribution >= 0.6 is 11.6 Å². The van der Waals surface area contributed by atoms with E-state index in [0.717, 1.165) is 5.56 Å². The Labute approximate surface area is 110 Å². The van der Waals surface area contributed by atoms with Crippen LogP contribution in [0, 0.1) is 6.92 Å². The molecule has 0 saturated heterocycles. The Balaban J connectivity index is 2.56. The Morgan fingerprint density at radius 1 is 1.56 bits per heavy atom.